The molecule has 1 atom stereocenters. The van der Waals surface area contributed by atoms with E-state index in [-0.39, 0.29) is 23.3 Å². The van der Waals surface area contributed by atoms with Gasteiger partial charge in [0.1, 0.15) is 5.75 Å². The molecule has 1 aliphatic carbocycles. The molecule has 1 saturated carbocycles. The molecule has 23 heavy (non-hydrogen) atoms. The fourth-order valence-electron chi connectivity index (χ4n) is 2.21. The summed E-state index contributed by atoms with van der Waals surface area (Å²) in [5.41, 5.74) is 0.810. The van der Waals surface area contributed by atoms with Crippen LogP contribution >= 0.6 is 0 Å². The minimum atomic E-state index is -1.01. The molecule has 1 amide bonds. The first kappa shape index (κ1) is 15.1. The van der Waals surface area contributed by atoms with E-state index >= 15 is 0 Å². The van der Waals surface area contributed by atoms with Crippen LogP contribution in [-0.4, -0.2) is 23.0 Å². The zero-order valence-corrected chi connectivity index (χ0v) is 12.4. The van der Waals surface area contributed by atoms with Gasteiger partial charge in [0, 0.05) is 11.6 Å². The van der Waals surface area contributed by atoms with E-state index in [4.69, 9.17) is 4.74 Å². The van der Waals surface area contributed by atoms with E-state index in [1.54, 1.807) is 30.3 Å². The van der Waals surface area contributed by atoms with Crippen LogP contribution in [0.15, 0.2) is 54.6 Å². The van der Waals surface area contributed by atoms with Crippen molar-refractivity contribution in [3.63, 3.8) is 0 Å². The third-order valence-corrected chi connectivity index (χ3v) is 3.57. The molecule has 5 nitrogen and oxygen atoms in total. The number of benzene rings is 2. The summed E-state index contributed by atoms with van der Waals surface area (Å²) < 4.78 is 5.41. The third-order valence-electron chi connectivity index (χ3n) is 3.57. The van der Waals surface area contributed by atoms with Gasteiger partial charge in [0.05, 0.1) is 5.56 Å². The lowest BCUT2D eigenvalue weighted by Gasteiger charge is -2.18. The SMILES string of the molecule is O=C(O[C@H](C(=O)NC1CC1)c1ccccc1)c1cccc(O)c1. The van der Waals surface area contributed by atoms with Gasteiger partial charge in [-0.05, 0) is 31.0 Å². The lowest BCUT2D eigenvalue weighted by molar-refractivity contribution is -0.130. The summed E-state index contributed by atoms with van der Waals surface area (Å²) in [5, 5.41) is 12.3. The van der Waals surface area contributed by atoms with Gasteiger partial charge in [-0.2, -0.15) is 0 Å². The largest absolute Gasteiger partial charge is 0.508 e. The molecule has 2 aromatic carbocycles. The number of hydrogen-bond acceptors (Lipinski definition) is 4. The molecular weight excluding hydrogens is 294 g/mol. The fraction of sp³-hybridized carbons (Fsp3) is 0.222. The molecule has 2 aromatic rings. The molecule has 118 valence electrons. The lowest BCUT2D eigenvalue weighted by atomic mass is 10.1. The van der Waals surface area contributed by atoms with Gasteiger partial charge in [-0.25, -0.2) is 4.79 Å². The Morgan fingerprint density at radius 2 is 1.83 bits per heavy atom. The van der Waals surface area contributed by atoms with Gasteiger partial charge < -0.3 is 15.2 Å². The van der Waals surface area contributed by atoms with Crippen molar-refractivity contribution in [2.45, 2.75) is 25.0 Å². The molecule has 1 aliphatic rings. The molecule has 0 unspecified atom stereocenters. The lowest BCUT2D eigenvalue weighted by Crippen LogP contribution is -2.33. The summed E-state index contributed by atoms with van der Waals surface area (Å²) in [7, 11) is 0. The number of carbonyl (C=O) groups is 2. The average molecular weight is 311 g/mol. The van der Waals surface area contributed by atoms with Crippen LogP contribution in [0.2, 0.25) is 0 Å². The summed E-state index contributed by atoms with van der Waals surface area (Å²) in [6.07, 6.45) is 0.897. The van der Waals surface area contributed by atoms with Crippen molar-refractivity contribution in [1.82, 2.24) is 5.32 Å². The number of phenolic OH excluding ortho intramolecular Hbond substituents is 1. The fourth-order valence-corrected chi connectivity index (χ4v) is 2.21. The second kappa shape index (κ2) is 6.52. The van der Waals surface area contributed by atoms with Gasteiger partial charge in [0.2, 0.25) is 6.10 Å². The molecule has 5 heteroatoms. The molecule has 0 bridgehead atoms. The predicted octanol–water partition coefficient (Wildman–Crippen LogP) is 2.57. The van der Waals surface area contributed by atoms with Crippen LogP contribution < -0.4 is 5.32 Å². The van der Waals surface area contributed by atoms with Gasteiger partial charge in [0.15, 0.2) is 0 Å². The van der Waals surface area contributed by atoms with E-state index in [9.17, 15) is 14.7 Å². The van der Waals surface area contributed by atoms with Crippen molar-refractivity contribution in [1.29, 1.82) is 0 Å². The van der Waals surface area contributed by atoms with Gasteiger partial charge in [0.25, 0.3) is 5.91 Å². The van der Waals surface area contributed by atoms with Crippen LogP contribution in [0.5, 0.6) is 5.75 Å². The van der Waals surface area contributed by atoms with Crippen LogP contribution in [0.1, 0.15) is 34.9 Å². The quantitative estimate of drug-likeness (QED) is 0.832. The Labute approximate surface area is 133 Å². The Bertz CT molecular complexity index is 710. The molecular formula is C18H17NO4. The number of aromatic hydroxyl groups is 1. The maximum Gasteiger partial charge on any atom is 0.339 e. The summed E-state index contributed by atoms with van der Waals surface area (Å²) in [5.74, 6) is -1.01. The van der Waals surface area contributed by atoms with Crippen LogP contribution in [0.4, 0.5) is 0 Å². The highest BCUT2D eigenvalue weighted by atomic mass is 16.5. The second-order valence-corrected chi connectivity index (χ2v) is 5.53. The van der Waals surface area contributed by atoms with Crippen LogP contribution in [0, 0.1) is 0 Å². The summed E-state index contributed by atoms with van der Waals surface area (Å²) in [4.78, 5) is 24.7. The molecule has 0 saturated heterocycles. The van der Waals surface area contributed by atoms with E-state index in [0.29, 0.717) is 5.56 Å². The van der Waals surface area contributed by atoms with Crippen LogP contribution in [0.25, 0.3) is 0 Å². The van der Waals surface area contributed by atoms with Crippen molar-refractivity contribution in [3.05, 3.63) is 65.7 Å². The molecule has 3 rings (SSSR count). The number of amides is 1. The van der Waals surface area contributed by atoms with E-state index in [2.05, 4.69) is 5.32 Å². The third kappa shape index (κ3) is 3.88. The zero-order valence-electron chi connectivity index (χ0n) is 12.4. The normalized spacial score (nSPS) is 14.8. The van der Waals surface area contributed by atoms with Gasteiger partial charge in [-0.1, -0.05) is 36.4 Å². The predicted molar refractivity (Wildman–Crippen MR) is 83.9 cm³/mol. The number of hydrogen-bond donors (Lipinski definition) is 2. The standard InChI is InChI=1S/C18H17NO4/c20-15-8-4-7-13(11-15)18(22)23-16(12-5-2-1-3-6-12)17(21)19-14-9-10-14/h1-8,11,14,16,20H,9-10H2,(H,19,21)/t16-/m0/s1. The van der Waals surface area contributed by atoms with E-state index in [1.807, 2.05) is 6.07 Å². The number of ether oxygens (including phenoxy) is 1. The number of rotatable bonds is 5. The van der Waals surface area contributed by atoms with Crippen molar-refractivity contribution >= 4 is 11.9 Å². The first-order valence-corrected chi connectivity index (χ1v) is 7.49. The maximum absolute atomic E-state index is 12.4. The highest BCUT2D eigenvalue weighted by Gasteiger charge is 2.31. The minimum absolute atomic E-state index is 0.0295. The molecule has 0 spiro atoms. The van der Waals surface area contributed by atoms with Crippen molar-refractivity contribution in [2.24, 2.45) is 0 Å². The highest BCUT2D eigenvalue weighted by molar-refractivity contribution is 5.93. The van der Waals surface area contributed by atoms with Crippen molar-refractivity contribution in [2.75, 3.05) is 0 Å². The van der Waals surface area contributed by atoms with Crippen molar-refractivity contribution < 1.29 is 19.4 Å². The summed E-state index contributed by atoms with van der Waals surface area (Å²) in [6, 6.07) is 14.9. The molecule has 2 N–H and O–H groups in total. The minimum Gasteiger partial charge on any atom is -0.508 e. The Kier molecular flexibility index (Phi) is 4.28. The molecule has 0 aliphatic heterocycles. The van der Waals surface area contributed by atoms with E-state index in [0.717, 1.165) is 12.8 Å². The van der Waals surface area contributed by atoms with Crippen LogP contribution in [0.3, 0.4) is 0 Å². The second-order valence-electron chi connectivity index (χ2n) is 5.53. The van der Waals surface area contributed by atoms with Gasteiger partial charge in [-0.15, -0.1) is 0 Å². The Hall–Kier alpha value is -2.82. The topological polar surface area (TPSA) is 75.6 Å². The first-order chi connectivity index (χ1) is 11.1. The number of phenols is 1. The maximum atomic E-state index is 12.4. The first-order valence-electron chi connectivity index (χ1n) is 7.49. The smallest absolute Gasteiger partial charge is 0.339 e. The Balaban J connectivity index is 1.80. The molecule has 1 fully saturated rings. The number of carbonyl (C=O) groups excluding carboxylic acids is 2. The highest BCUT2D eigenvalue weighted by Crippen LogP contribution is 2.24. The monoisotopic (exact) mass is 311 g/mol. The Morgan fingerprint density at radius 1 is 1.09 bits per heavy atom. The molecule has 0 heterocycles. The van der Waals surface area contributed by atoms with E-state index in [1.165, 1.54) is 18.2 Å². The number of nitrogens with one attached hydrogen (secondary N) is 1. The van der Waals surface area contributed by atoms with Crippen molar-refractivity contribution in [3.8, 4) is 5.75 Å². The van der Waals surface area contributed by atoms with E-state index < -0.39 is 12.1 Å². The summed E-state index contributed by atoms with van der Waals surface area (Å²) in [6.45, 7) is 0. The molecule has 0 radical (unpaired) electrons. The zero-order chi connectivity index (χ0) is 16.2. The number of esters is 1. The van der Waals surface area contributed by atoms with Gasteiger partial charge >= 0.3 is 5.97 Å². The average Bonchev–Trinajstić information content (AvgIpc) is 3.37. The summed E-state index contributed by atoms with van der Waals surface area (Å²) >= 11 is 0. The van der Waals surface area contributed by atoms with Gasteiger partial charge in [-0.3, -0.25) is 4.79 Å². The van der Waals surface area contributed by atoms with Crippen LogP contribution in [-0.2, 0) is 9.53 Å². The Morgan fingerprint density at radius 3 is 2.48 bits per heavy atom. The molecule has 0 aromatic heterocycles.